The highest BCUT2D eigenvalue weighted by Crippen LogP contribution is 2.13. The van der Waals surface area contributed by atoms with Crippen LogP contribution in [0, 0.1) is 0 Å². The van der Waals surface area contributed by atoms with E-state index in [1.54, 1.807) is 17.6 Å². The normalized spacial score (nSPS) is 14.4. The predicted molar refractivity (Wildman–Crippen MR) is 87.2 cm³/mol. The highest BCUT2D eigenvalue weighted by atomic mass is 32.1. The van der Waals surface area contributed by atoms with Crippen molar-refractivity contribution in [1.82, 2.24) is 5.01 Å². The second-order valence-corrected chi connectivity index (χ2v) is 5.68. The molecule has 5 nitrogen and oxygen atoms in total. The summed E-state index contributed by atoms with van der Waals surface area (Å²) < 4.78 is 0. The summed E-state index contributed by atoms with van der Waals surface area (Å²) in [5.41, 5.74) is 1.98. The van der Waals surface area contributed by atoms with Gasteiger partial charge in [0.25, 0.3) is 5.91 Å². The van der Waals surface area contributed by atoms with Gasteiger partial charge in [-0.2, -0.15) is 5.10 Å². The predicted octanol–water partition coefficient (Wildman–Crippen LogP) is 2.74. The minimum Gasteiger partial charge on any atom is -0.386 e. The van der Waals surface area contributed by atoms with Gasteiger partial charge in [0.2, 0.25) is 0 Å². The van der Waals surface area contributed by atoms with E-state index in [4.69, 9.17) is 4.84 Å². The summed E-state index contributed by atoms with van der Waals surface area (Å²) in [5, 5.41) is 11.6. The number of hydrogen-bond donors (Lipinski definition) is 0. The molecule has 1 aromatic carbocycles. The van der Waals surface area contributed by atoms with Gasteiger partial charge in [-0.1, -0.05) is 41.6 Å². The summed E-state index contributed by atoms with van der Waals surface area (Å²) in [6, 6.07) is 13.7. The second-order valence-electron chi connectivity index (χ2n) is 4.70. The van der Waals surface area contributed by atoms with Gasteiger partial charge < -0.3 is 4.84 Å². The van der Waals surface area contributed by atoms with Gasteiger partial charge in [-0.25, -0.2) is 5.01 Å². The first-order valence-electron chi connectivity index (χ1n) is 6.95. The van der Waals surface area contributed by atoms with Crippen molar-refractivity contribution in [1.29, 1.82) is 0 Å². The number of carbonyl (C=O) groups is 1. The number of hydrogen-bond acceptors (Lipinski definition) is 5. The van der Waals surface area contributed by atoms with Gasteiger partial charge in [-0.15, -0.1) is 11.3 Å². The number of carbonyl (C=O) groups excluding carboxylic acids is 1. The lowest BCUT2D eigenvalue weighted by molar-refractivity contribution is -0.135. The van der Waals surface area contributed by atoms with E-state index in [9.17, 15) is 4.79 Å². The lowest BCUT2D eigenvalue weighted by Gasteiger charge is -2.09. The molecule has 0 spiro atoms. The number of hydrazone groups is 1. The summed E-state index contributed by atoms with van der Waals surface area (Å²) in [7, 11) is 0. The Morgan fingerprint density at radius 3 is 2.95 bits per heavy atom. The van der Waals surface area contributed by atoms with E-state index in [-0.39, 0.29) is 12.5 Å². The zero-order chi connectivity index (χ0) is 15.2. The van der Waals surface area contributed by atoms with E-state index in [2.05, 4.69) is 10.3 Å². The molecule has 0 saturated carbocycles. The highest BCUT2D eigenvalue weighted by Gasteiger charge is 2.21. The fraction of sp³-hybridized carbons (Fsp3) is 0.188. The lowest BCUT2D eigenvalue weighted by Crippen LogP contribution is -2.26. The third-order valence-electron chi connectivity index (χ3n) is 3.18. The SMILES string of the molecule is O=C(CO/N=C/c1cccs1)N1CCC(c2ccccc2)=N1. The quantitative estimate of drug-likeness (QED) is 0.629. The Morgan fingerprint density at radius 2 is 2.18 bits per heavy atom. The molecule has 1 aromatic heterocycles. The summed E-state index contributed by atoms with van der Waals surface area (Å²) in [6.45, 7) is 0.481. The zero-order valence-electron chi connectivity index (χ0n) is 11.9. The van der Waals surface area contributed by atoms with E-state index in [1.807, 2.05) is 47.8 Å². The Hall–Kier alpha value is -2.47. The Labute approximate surface area is 132 Å². The fourth-order valence-corrected chi connectivity index (χ4v) is 2.67. The molecule has 0 atom stereocenters. The van der Waals surface area contributed by atoms with Crippen molar-refractivity contribution in [2.45, 2.75) is 6.42 Å². The molecular weight excluding hydrogens is 298 g/mol. The van der Waals surface area contributed by atoms with E-state index < -0.39 is 0 Å². The summed E-state index contributed by atoms with van der Waals surface area (Å²) in [4.78, 5) is 18.0. The van der Waals surface area contributed by atoms with Gasteiger partial charge in [0.15, 0.2) is 6.61 Å². The van der Waals surface area contributed by atoms with Crippen molar-refractivity contribution < 1.29 is 9.63 Å². The van der Waals surface area contributed by atoms with Gasteiger partial charge in [-0.05, 0) is 17.0 Å². The average molecular weight is 313 g/mol. The first kappa shape index (κ1) is 14.5. The maximum Gasteiger partial charge on any atom is 0.283 e. The first-order valence-corrected chi connectivity index (χ1v) is 7.83. The smallest absolute Gasteiger partial charge is 0.283 e. The van der Waals surface area contributed by atoms with Crippen LogP contribution >= 0.6 is 11.3 Å². The molecule has 6 heteroatoms. The molecule has 3 rings (SSSR count). The molecule has 2 aromatic rings. The van der Waals surface area contributed by atoms with Crippen molar-refractivity contribution in [2.24, 2.45) is 10.3 Å². The van der Waals surface area contributed by atoms with Crippen LogP contribution in [0.2, 0.25) is 0 Å². The monoisotopic (exact) mass is 313 g/mol. The summed E-state index contributed by atoms with van der Waals surface area (Å²) >= 11 is 1.56. The van der Waals surface area contributed by atoms with Crippen molar-refractivity contribution in [2.75, 3.05) is 13.2 Å². The largest absolute Gasteiger partial charge is 0.386 e. The third-order valence-corrected chi connectivity index (χ3v) is 3.99. The van der Waals surface area contributed by atoms with Crippen LogP contribution in [0.1, 0.15) is 16.9 Å². The van der Waals surface area contributed by atoms with Crippen molar-refractivity contribution in [3.8, 4) is 0 Å². The van der Waals surface area contributed by atoms with Crippen molar-refractivity contribution in [3.05, 3.63) is 58.3 Å². The molecule has 0 bridgehead atoms. The molecule has 0 saturated heterocycles. The molecule has 1 aliphatic rings. The van der Waals surface area contributed by atoms with Crippen LogP contribution in [0.25, 0.3) is 0 Å². The number of benzene rings is 1. The van der Waals surface area contributed by atoms with Crippen LogP contribution in [0.4, 0.5) is 0 Å². The minimum atomic E-state index is -0.186. The molecule has 0 aliphatic carbocycles. The molecule has 0 radical (unpaired) electrons. The maximum absolute atomic E-state index is 12.0. The lowest BCUT2D eigenvalue weighted by atomic mass is 10.1. The fourth-order valence-electron chi connectivity index (χ4n) is 2.09. The number of oxime groups is 1. The van der Waals surface area contributed by atoms with Crippen LogP contribution in [0.5, 0.6) is 0 Å². The summed E-state index contributed by atoms with van der Waals surface area (Å²) in [6.07, 6.45) is 2.36. The number of nitrogens with zero attached hydrogens (tertiary/aromatic N) is 3. The van der Waals surface area contributed by atoms with Gasteiger partial charge in [-0.3, -0.25) is 4.79 Å². The van der Waals surface area contributed by atoms with Crippen molar-refractivity contribution in [3.63, 3.8) is 0 Å². The topological polar surface area (TPSA) is 54.3 Å². The Balaban J connectivity index is 1.52. The molecule has 0 unspecified atom stereocenters. The molecule has 2 heterocycles. The van der Waals surface area contributed by atoms with Crippen LogP contribution < -0.4 is 0 Å². The highest BCUT2D eigenvalue weighted by molar-refractivity contribution is 7.11. The van der Waals surface area contributed by atoms with Crippen LogP contribution in [0.15, 0.2) is 58.1 Å². The number of rotatable bonds is 5. The average Bonchev–Trinajstić information content (AvgIpc) is 3.24. The molecule has 22 heavy (non-hydrogen) atoms. The summed E-state index contributed by atoms with van der Waals surface area (Å²) in [5.74, 6) is -0.186. The number of thiophene rings is 1. The molecule has 0 N–H and O–H groups in total. The molecular formula is C16H15N3O2S. The molecule has 0 fully saturated rings. The van der Waals surface area contributed by atoms with Gasteiger partial charge in [0.1, 0.15) is 0 Å². The Morgan fingerprint density at radius 1 is 1.32 bits per heavy atom. The Bertz CT molecular complexity index is 681. The standard InChI is InChI=1S/C16H15N3O2S/c20-16(12-21-17-11-14-7-4-10-22-14)19-9-8-15(18-19)13-5-2-1-3-6-13/h1-7,10-11H,8-9,12H2/b17-11+. The van der Waals surface area contributed by atoms with Crippen molar-refractivity contribution >= 4 is 29.2 Å². The zero-order valence-corrected chi connectivity index (χ0v) is 12.7. The second kappa shape index (κ2) is 7.00. The third kappa shape index (κ3) is 3.59. The van der Waals surface area contributed by atoms with Crippen LogP contribution in [-0.4, -0.2) is 36.0 Å². The molecule has 1 aliphatic heterocycles. The van der Waals surface area contributed by atoms with Gasteiger partial charge in [0.05, 0.1) is 18.5 Å². The first-order chi connectivity index (χ1) is 10.8. The van der Waals surface area contributed by atoms with Crippen LogP contribution in [-0.2, 0) is 9.63 Å². The Kier molecular flexibility index (Phi) is 4.60. The van der Waals surface area contributed by atoms with E-state index >= 15 is 0 Å². The van der Waals surface area contributed by atoms with E-state index in [0.29, 0.717) is 6.54 Å². The van der Waals surface area contributed by atoms with E-state index in [1.165, 1.54) is 5.01 Å². The van der Waals surface area contributed by atoms with Crippen LogP contribution in [0.3, 0.4) is 0 Å². The van der Waals surface area contributed by atoms with Gasteiger partial charge >= 0.3 is 0 Å². The van der Waals surface area contributed by atoms with E-state index in [0.717, 1.165) is 22.6 Å². The minimum absolute atomic E-state index is 0.104. The molecule has 112 valence electrons. The maximum atomic E-state index is 12.0. The molecule has 1 amide bonds. The van der Waals surface area contributed by atoms with Gasteiger partial charge in [0, 0.05) is 11.3 Å². The number of amides is 1.